The highest BCUT2D eigenvalue weighted by molar-refractivity contribution is 6.05. The minimum atomic E-state index is -4.65. The molecule has 5 rings (SSSR count). The summed E-state index contributed by atoms with van der Waals surface area (Å²) >= 11 is 0. The maximum atomic E-state index is 14.1. The summed E-state index contributed by atoms with van der Waals surface area (Å²) in [4.78, 5) is 28.9. The first kappa shape index (κ1) is 28.0. The van der Waals surface area contributed by atoms with Gasteiger partial charge in [0.2, 0.25) is 0 Å². The van der Waals surface area contributed by atoms with Gasteiger partial charge in [0.15, 0.2) is 0 Å². The fraction of sp³-hybridized carbons (Fsp3) is 0.233. The Balaban J connectivity index is 1.70. The van der Waals surface area contributed by atoms with Crippen LogP contribution in [0, 0.1) is 5.82 Å². The van der Waals surface area contributed by atoms with Crippen LogP contribution in [0.1, 0.15) is 58.5 Å². The molecule has 7 nitrogen and oxygen atoms in total. The van der Waals surface area contributed by atoms with Crippen molar-refractivity contribution in [2.75, 3.05) is 11.4 Å². The number of hydrogen-bond acceptors (Lipinski definition) is 4. The third-order valence-corrected chi connectivity index (χ3v) is 7.07. The second kappa shape index (κ2) is 10.8. The number of para-hydroxylation sites is 1. The van der Waals surface area contributed by atoms with Gasteiger partial charge < -0.3 is 11.1 Å². The summed E-state index contributed by atoms with van der Waals surface area (Å²) in [5, 5.41) is 7.46. The Labute approximate surface area is 233 Å². The molecule has 212 valence electrons. The summed E-state index contributed by atoms with van der Waals surface area (Å²) < 4.78 is 55.6. The topological polar surface area (TPSA) is 93.2 Å². The maximum Gasteiger partial charge on any atom is 0.416 e. The minimum Gasteiger partial charge on any atom is -0.339 e. The molecule has 1 aliphatic heterocycles. The van der Waals surface area contributed by atoms with Crippen molar-refractivity contribution in [2.24, 2.45) is 5.73 Å². The number of aromatic nitrogens is 2. The molecule has 0 radical (unpaired) electrons. The molecular weight excluding hydrogens is 538 g/mol. The van der Waals surface area contributed by atoms with Crippen molar-refractivity contribution in [3.63, 3.8) is 0 Å². The number of likely N-dealkylation sites (N-methyl/N-ethyl adjacent to an activating group) is 1. The number of anilines is 1. The highest BCUT2D eigenvalue weighted by Gasteiger charge is 2.46. The second-order valence-corrected chi connectivity index (χ2v) is 9.80. The molecule has 0 saturated heterocycles. The van der Waals surface area contributed by atoms with Crippen molar-refractivity contribution in [1.82, 2.24) is 15.1 Å². The number of carbonyl (C=O) groups is 2. The zero-order chi connectivity index (χ0) is 29.5. The predicted octanol–water partition coefficient (Wildman–Crippen LogP) is 5.35. The number of nitrogens with one attached hydrogen (secondary N) is 1. The number of carbonyl (C=O) groups excluding carboxylic acids is 2. The number of amides is 2. The van der Waals surface area contributed by atoms with Crippen LogP contribution in [0.5, 0.6) is 0 Å². The molecule has 3 N–H and O–H groups in total. The van der Waals surface area contributed by atoms with Crippen LogP contribution in [-0.4, -0.2) is 34.2 Å². The van der Waals surface area contributed by atoms with Gasteiger partial charge in [-0.15, -0.1) is 0 Å². The van der Waals surface area contributed by atoms with Crippen LogP contribution >= 0.6 is 0 Å². The Morgan fingerprint density at radius 1 is 1.05 bits per heavy atom. The van der Waals surface area contributed by atoms with Gasteiger partial charge in [0.05, 0.1) is 16.9 Å². The smallest absolute Gasteiger partial charge is 0.339 e. The second-order valence-electron chi connectivity index (χ2n) is 9.80. The lowest BCUT2D eigenvalue weighted by Gasteiger charge is -2.38. The Kier molecular flexibility index (Phi) is 7.39. The van der Waals surface area contributed by atoms with E-state index in [1.807, 2.05) is 30.3 Å². The van der Waals surface area contributed by atoms with Crippen molar-refractivity contribution < 1.29 is 27.2 Å². The Bertz CT molecular complexity index is 1580. The predicted molar refractivity (Wildman–Crippen MR) is 145 cm³/mol. The number of hydrogen-bond donors (Lipinski definition) is 2. The van der Waals surface area contributed by atoms with E-state index in [1.165, 1.54) is 35.2 Å². The van der Waals surface area contributed by atoms with Crippen molar-refractivity contribution in [1.29, 1.82) is 0 Å². The van der Waals surface area contributed by atoms with Crippen LogP contribution in [0.4, 0.5) is 23.4 Å². The van der Waals surface area contributed by atoms with E-state index in [0.717, 1.165) is 18.2 Å². The molecule has 0 spiro atoms. The largest absolute Gasteiger partial charge is 0.416 e. The number of nitrogens with zero attached hydrogens (tertiary/aromatic N) is 3. The molecule has 0 unspecified atom stereocenters. The molecule has 0 fully saturated rings. The normalized spacial score (nSPS) is 17.7. The van der Waals surface area contributed by atoms with Crippen LogP contribution in [0.25, 0.3) is 5.69 Å². The van der Waals surface area contributed by atoms with Gasteiger partial charge in [-0.2, -0.15) is 18.3 Å². The molecule has 3 aromatic carbocycles. The van der Waals surface area contributed by atoms with Gasteiger partial charge in [-0.3, -0.25) is 14.5 Å². The van der Waals surface area contributed by atoms with Crippen molar-refractivity contribution in [2.45, 2.75) is 38.0 Å². The fourth-order valence-electron chi connectivity index (χ4n) is 5.20. The van der Waals surface area contributed by atoms with Crippen LogP contribution < -0.4 is 16.0 Å². The first-order chi connectivity index (χ1) is 19.5. The molecule has 41 heavy (non-hydrogen) atoms. The maximum absolute atomic E-state index is 14.1. The molecule has 0 aliphatic carbocycles. The van der Waals surface area contributed by atoms with Crippen molar-refractivity contribution in [3.8, 4) is 5.69 Å². The van der Waals surface area contributed by atoms with Crippen LogP contribution in [-0.2, 0) is 11.0 Å². The van der Waals surface area contributed by atoms with Gasteiger partial charge in [-0.05, 0) is 61.9 Å². The van der Waals surface area contributed by atoms with E-state index in [2.05, 4.69) is 5.32 Å². The van der Waals surface area contributed by atoms with E-state index in [1.54, 1.807) is 18.5 Å². The average Bonchev–Trinajstić information content (AvgIpc) is 3.34. The molecule has 2 amide bonds. The summed E-state index contributed by atoms with van der Waals surface area (Å²) in [6.45, 7) is 3.71. The van der Waals surface area contributed by atoms with Crippen LogP contribution in [0.2, 0.25) is 0 Å². The number of nitrogens with two attached hydrogens (primary N) is 1. The van der Waals surface area contributed by atoms with Gasteiger partial charge in [-0.1, -0.05) is 36.4 Å². The highest BCUT2D eigenvalue weighted by Crippen LogP contribution is 2.45. The first-order valence-corrected chi connectivity index (χ1v) is 13.0. The van der Waals surface area contributed by atoms with E-state index >= 15 is 0 Å². The van der Waals surface area contributed by atoms with E-state index in [-0.39, 0.29) is 12.1 Å². The number of fused-ring (bicyclic) bond motifs is 1. The zero-order valence-electron chi connectivity index (χ0n) is 22.2. The zero-order valence-corrected chi connectivity index (χ0v) is 22.2. The Morgan fingerprint density at radius 3 is 2.34 bits per heavy atom. The van der Waals surface area contributed by atoms with Crippen LogP contribution in [0.15, 0.2) is 78.9 Å². The third kappa shape index (κ3) is 5.20. The highest BCUT2D eigenvalue weighted by atomic mass is 19.4. The summed E-state index contributed by atoms with van der Waals surface area (Å²) in [6.07, 6.45) is -4.65. The molecule has 11 heteroatoms. The minimum absolute atomic E-state index is 0.203. The number of halogens is 4. The molecular formula is C30H27F4N5O2. The fourth-order valence-corrected chi connectivity index (χ4v) is 5.20. The molecule has 3 atom stereocenters. The molecule has 2 heterocycles. The number of rotatable bonds is 6. The molecule has 4 aromatic rings. The summed E-state index contributed by atoms with van der Waals surface area (Å²) in [7, 11) is 0. The standard InChI is InChI=1S/C30H27F4N5O2/c1-3-38-28-24(25(17(2)35)37-39(28)22-10-5-4-6-11-22)23(18-12-14-21(31)15-13-18)26(29(38)41)36-27(40)19-8-7-9-20(16-19)30(32,33)34/h4-17,23,26H,3,35H2,1-2H3,(H,36,40)/t17-,23-,26-/m1/s1. The summed E-state index contributed by atoms with van der Waals surface area (Å²) in [5.41, 5.74) is 7.32. The van der Waals surface area contributed by atoms with E-state index < -0.39 is 47.4 Å². The Morgan fingerprint density at radius 2 is 1.73 bits per heavy atom. The van der Waals surface area contributed by atoms with Crippen molar-refractivity contribution in [3.05, 3.63) is 113 Å². The van der Waals surface area contributed by atoms with Gasteiger partial charge in [-0.25, -0.2) is 9.07 Å². The monoisotopic (exact) mass is 565 g/mol. The van der Waals surface area contributed by atoms with Gasteiger partial charge in [0.25, 0.3) is 11.8 Å². The number of benzene rings is 3. The lowest BCUT2D eigenvalue weighted by molar-refractivity contribution is -0.137. The SMILES string of the molecule is CCN1C(=O)[C@H](NC(=O)c2cccc(C(F)(F)F)c2)[C@H](c2ccc(F)cc2)c2c([C@@H](C)N)nn(-c3ccccc3)c21. The number of alkyl halides is 3. The lowest BCUT2D eigenvalue weighted by atomic mass is 9.80. The van der Waals surface area contributed by atoms with Gasteiger partial charge in [0, 0.05) is 29.6 Å². The molecule has 0 saturated carbocycles. The van der Waals surface area contributed by atoms with Gasteiger partial charge >= 0.3 is 6.18 Å². The molecule has 1 aromatic heterocycles. The average molecular weight is 566 g/mol. The van der Waals surface area contributed by atoms with Crippen molar-refractivity contribution >= 4 is 17.6 Å². The quantitative estimate of drug-likeness (QED) is 0.309. The summed E-state index contributed by atoms with van der Waals surface area (Å²) in [6, 6.07) is 16.8. The van der Waals surface area contributed by atoms with E-state index in [0.29, 0.717) is 28.3 Å². The molecule has 0 bridgehead atoms. The molecule has 1 aliphatic rings. The van der Waals surface area contributed by atoms with E-state index in [4.69, 9.17) is 10.8 Å². The first-order valence-electron chi connectivity index (χ1n) is 13.0. The third-order valence-electron chi connectivity index (χ3n) is 7.07. The van der Waals surface area contributed by atoms with Crippen LogP contribution in [0.3, 0.4) is 0 Å². The Hall–Kier alpha value is -4.51. The summed E-state index contributed by atoms with van der Waals surface area (Å²) in [5.74, 6) is -2.27. The van der Waals surface area contributed by atoms with E-state index in [9.17, 15) is 27.2 Å². The van der Waals surface area contributed by atoms with Gasteiger partial charge in [0.1, 0.15) is 17.7 Å². The lowest BCUT2D eigenvalue weighted by Crippen LogP contribution is -2.55.